The van der Waals surface area contributed by atoms with Gasteiger partial charge in [0.25, 0.3) is 0 Å². The topological polar surface area (TPSA) is 159 Å². The van der Waals surface area contributed by atoms with Crippen LogP contribution >= 0.6 is 12.6 Å². The predicted molar refractivity (Wildman–Crippen MR) is 147 cm³/mol. The van der Waals surface area contributed by atoms with Gasteiger partial charge in [-0.15, -0.1) is 0 Å². The molecule has 4 saturated heterocycles. The van der Waals surface area contributed by atoms with Gasteiger partial charge >= 0.3 is 11.9 Å². The summed E-state index contributed by atoms with van der Waals surface area (Å²) < 4.78 is 18.3. The summed E-state index contributed by atoms with van der Waals surface area (Å²) in [5.74, 6) is -3.57. The van der Waals surface area contributed by atoms with Gasteiger partial charge in [0, 0.05) is 30.4 Å². The van der Waals surface area contributed by atoms with Gasteiger partial charge in [0.15, 0.2) is 11.9 Å². The molecule has 13 heteroatoms. The summed E-state index contributed by atoms with van der Waals surface area (Å²) in [5.41, 5.74) is -0.769. The molecule has 0 aromatic heterocycles. The van der Waals surface area contributed by atoms with Crippen LogP contribution in [0.2, 0.25) is 0 Å². The van der Waals surface area contributed by atoms with E-state index < -0.39 is 59.8 Å². The Morgan fingerprint density at radius 1 is 1.02 bits per heavy atom. The van der Waals surface area contributed by atoms with Gasteiger partial charge in [-0.3, -0.25) is 14.4 Å². The Hall–Kier alpha value is -1.93. The fourth-order valence-electron chi connectivity index (χ4n) is 6.84. The zero-order chi connectivity index (χ0) is 30.1. The fraction of sp³-hybridized carbons (Fsp3) is 0.857. The molecule has 4 heterocycles. The van der Waals surface area contributed by atoms with Crippen LogP contribution in [0.15, 0.2) is 0 Å². The number of esters is 1. The van der Waals surface area contributed by atoms with Crippen molar-refractivity contribution in [3.8, 4) is 0 Å². The van der Waals surface area contributed by atoms with Gasteiger partial charge in [-0.2, -0.15) is 12.6 Å². The minimum absolute atomic E-state index is 0.00612. The monoisotopic (exact) mass is 600 g/mol. The molecule has 2 bridgehead atoms. The molecular weight excluding hydrogens is 556 g/mol. The van der Waals surface area contributed by atoms with Crippen molar-refractivity contribution in [2.45, 2.75) is 116 Å². The number of aliphatic carboxylic acids is 1. The Bertz CT molecular complexity index is 1010. The number of hydrogen-bond donors (Lipinski definition) is 4. The van der Waals surface area contributed by atoms with Gasteiger partial charge in [0.2, 0.25) is 23.9 Å². The molecule has 5 aliphatic rings. The van der Waals surface area contributed by atoms with Gasteiger partial charge in [-0.25, -0.2) is 14.6 Å². The third-order valence-corrected chi connectivity index (χ3v) is 9.42. The highest BCUT2D eigenvalue weighted by Gasteiger charge is 2.69. The molecule has 0 aromatic rings. The van der Waals surface area contributed by atoms with E-state index in [2.05, 4.69) is 30.2 Å². The summed E-state index contributed by atoms with van der Waals surface area (Å²) >= 11 is 3.96. The summed E-state index contributed by atoms with van der Waals surface area (Å²) in [4.78, 5) is 61.4. The molecule has 3 N–H and O–H groups in total. The van der Waals surface area contributed by atoms with Crippen molar-refractivity contribution in [2.75, 3.05) is 5.75 Å². The van der Waals surface area contributed by atoms with E-state index in [9.17, 15) is 24.3 Å². The predicted octanol–water partition coefficient (Wildman–Crippen LogP) is 2.55. The Labute approximate surface area is 246 Å². The van der Waals surface area contributed by atoms with Crippen LogP contribution in [-0.4, -0.2) is 70.7 Å². The van der Waals surface area contributed by atoms with E-state index >= 15 is 0 Å². The molecule has 5 rings (SSSR count). The van der Waals surface area contributed by atoms with Crippen molar-refractivity contribution in [2.24, 2.45) is 29.6 Å². The van der Waals surface area contributed by atoms with Gasteiger partial charge in [-0.1, -0.05) is 27.7 Å². The average Bonchev–Trinajstić information content (AvgIpc) is 3.13. The highest BCUT2D eigenvalue weighted by molar-refractivity contribution is 7.80. The molecular formula is C28H44N2O10S. The number of thiol groups is 1. The molecule has 232 valence electrons. The van der Waals surface area contributed by atoms with Gasteiger partial charge in [0.05, 0.1) is 6.42 Å². The van der Waals surface area contributed by atoms with Crippen LogP contribution in [0.3, 0.4) is 0 Å². The van der Waals surface area contributed by atoms with Gasteiger partial charge in [-0.05, 0) is 50.4 Å². The van der Waals surface area contributed by atoms with E-state index in [1.807, 2.05) is 27.7 Å². The molecule has 41 heavy (non-hydrogen) atoms. The van der Waals surface area contributed by atoms with E-state index in [-0.39, 0.29) is 42.3 Å². The van der Waals surface area contributed by atoms with Crippen LogP contribution in [0, 0.1) is 29.6 Å². The van der Waals surface area contributed by atoms with Crippen molar-refractivity contribution in [3.63, 3.8) is 0 Å². The molecule has 1 aliphatic carbocycles. The van der Waals surface area contributed by atoms with E-state index in [1.165, 1.54) is 0 Å². The van der Waals surface area contributed by atoms with Crippen LogP contribution < -0.4 is 10.6 Å². The smallest absolute Gasteiger partial charge is 0.327 e. The van der Waals surface area contributed by atoms with Gasteiger partial charge < -0.3 is 30.0 Å². The third kappa shape index (κ3) is 6.69. The first-order chi connectivity index (χ1) is 19.3. The summed E-state index contributed by atoms with van der Waals surface area (Å²) in [6, 6.07) is -2.13. The Balaban J connectivity index is 1.35. The lowest BCUT2D eigenvalue weighted by Gasteiger charge is -2.59. The van der Waals surface area contributed by atoms with Crippen LogP contribution in [0.1, 0.15) is 79.6 Å². The lowest BCUT2D eigenvalue weighted by molar-refractivity contribution is -0.576. The molecule has 2 amide bonds. The first-order valence-corrected chi connectivity index (χ1v) is 15.3. The maximum Gasteiger partial charge on any atom is 0.327 e. The first-order valence-electron chi connectivity index (χ1n) is 14.6. The molecule has 4 aliphatic heterocycles. The van der Waals surface area contributed by atoms with Crippen LogP contribution in [0.25, 0.3) is 0 Å². The number of carboxylic acid groups (broad SMARTS) is 1. The standard InChI is InChI=1S/C28H44N2O10S/c1-14(2)12-19(23(33)30-20(13-41)24(34)35)29-21(31)8-9-22(32)36-25-16(4)18-7-6-15(3)17-10-11-27(5)38-26(37-25)28(17,18)40-39-27/h14-20,25-26,41H,6-13H2,1-5H3,(H,29,31)(H,30,33)(H,34,35)/t15-,16+,17+,18+,19+,20+,25-,26+,27+,28-/m1/s1. The summed E-state index contributed by atoms with van der Waals surface area (Å²) in [7, 11) is 0. The van der Waals surface area contributed by atoms with Crippen molar-refractivity contribution in [3.05, 3.63) is 0 Å². The fourth-order valence-corrected chi connectivity index (χ4v) is 7.09. The molecule has 1 spiro atoms. The number of rotatable bonds is 11. The first kappa shape index (κ1) is 32.0. The second-order valence-electron chi connectivity index (χ2n) is 12.6. The number of fused-ring (bicyclic) bond motifs is 2. The lowest BCUT2D eigenvalue weighted by Crippen LogP contribution is -2.70. The van der Waals surface area contributed by atoms with Crippen LogP contribution in [0.4, 0.5) is 0 Å². The van der Waals surface area contributed by atoms with Crippen LogP contribution in [-0.2, 0) is 43.2 Å². The molecule has 0 aromatic carbocycles. The number of carbonyl (C=O) groups excluding carboxylic acids is 3. The zero-order valence-corrected chi connectivity index (χ0v) is 25.3. The second kappa shape index (κ2) is 12.7. The third-order valence-electron chi connectivity index (χ3n) is 9.06. The SMILES string of the molecule is CC(C)C[C@H](NC(=O)CCC(=O)O[C@@H]1O[C@H]2O[C@]3(C)CC[C@H]4[C@H](C)CC[C@@H]([C@@H]1C)[C@@]24OO3)C(=O)N[C@@H](CS)C(=O)O. The number of ether oxygens (including phenoxy) is 3. The normalized spacial score (nSPS) is 37.3. The van der Waals surface area contributed by atoms with E-state index in [1.54, 1.807) is 0 Å². The number of carboxylic acids is 1. The zero-order valence-electron chi connectivity index (χ0n) is 24.4. The van der Waals surface area contributed by atoms with Crippen LogP contribution in [0.5, 0.6) is 0 Å². The quantitative estimate of drug-likeness (QED) is 0.158. The van der Waals surface area contributed by atoms with Gasteiger partial charge in [0.1, 0.15) is 12.1 Å². The highest BCUT2D eigenvalue weighted by atomic mass is 32.1. The molecule has 0 unspecified atom stereocenters. The maximum atomic E-state index is 12.9. The maximum absolute atomic E-state index is 12.9. The summed E-state index contributed by atoms with van der Waals surface area (Å²) in [5, 5.41) is 14.2. The van der Waals surface area contributed by atoms with Crippen molar-refractivity contribution >= 4 is 36.4 Å². The summed E-state index contributed by atoms with van der Waals surface area (Å²) in [6.07, 6.45) is 1.67. The van der Waals surface area contributed by atoms with E-state index in [4.69, 9.17) is 24.0 Å². The Morgan fingerprint density at radius 3 is 2.41 bits per heavy atom. The van der Waals surface area contributed by atoms with E-state index in [0.717, 1.165) is 19.3 Å². The molecule has 5 fully saturated rings. The highest BCUT2D eigenvalue weighted by Crippen LogP contribution is 2.60. The Morgan fingerprint density at radius 2 is 1.76 bits per heavy atom. The Kier molecular flexibility index (Phi) is 9.94. The van der Waals surface area contributed by atoms with E-state index in [0.29, 0.717) is 18.8 Å². The summed E-state index contributed by atoms with van der Waals surface area (Å²) in [6.45, 7) is 9.77. The lowest BCUT2D eigenvalue weighted by atomic mass is 9.58. The molecule has 12 nitrogen and oxygen atoms in total. The molecule has 10 atom stereocenters. The minimum atomic E-state index is -1.22. The number of hydrogen-bond acceptors (Lipinski definition) is 10. The van der Waals surface area contributed by atoms with Crippen molar-refractivity contribution < 1.29 is 48.3 Å². The minimum Gasteiger partial charge on any atom is -0.480 e. The molecule has 1 saturated carbocycles. The number of amides is 2. The second-order valence-corrected chi connectivity index (χ2v) is 13.0. The van der Waals surface area contributed by atoms with Crippen molar-refractivity contribution in [1.82, 2.24) is 10.6 Å². The largest absolute Gasteiger partial charge is 0.480 e. The van der Waals surface area contributed by atoms with Crippen molar-refractivity contribution in [1.29, 1.82) is 0 Å². The average molecular weight is 601 g/mol. The molecule has 0 radical (unpaired) electrons. The number of nitrogens with one attached hydrogen (secondary N) is 2. The number of carbonyl (C=O) groups is 4.